The summed E-state index contributed by atoms with van der Waals surface area (Å²) in [5.41, 5.74) is 0.350. The Balaban J connectivity index is 1.84. The number of hydrogen-bond acceptors (Lipinski definition) is 4. The van der Waals surface area contributed by atoms with Crippen LogP contribution >= 0.6 is 46.1 Å². The minimum atomic E-state index is -3.78. The lowest BCUT2D eigenvalue weighted by Gasteiger charge is -2.23. The van der Waals surface area contributed by atoms with E-state index in [4.69, 9.17) is 34.8 Å². The fourth-order valence-electron chi connectivity index (χ4n) is 2.65. The summed E-state index contributed by atoms with van der Waals surface area (Å²) in [6.07, 6.45) is 1.03. The molecular weight excluding hydrogens is 427 g/mol. The van der Waals surface area contributed by atoms with Gasteiger partial charge in [-0.1, -0.05) is 34.8 Å². The Kier molecular flexibility index (Phi) is 5.63. The van der Waals surface area contributed by atoms with Gasteiger partial charge >= 0.3 is 0 Å². The lowest BCUT2D eigenvalue weighted by atomic mass is 10.2. The molecule has 1 aliphatic heterocycles. The Morgan fingerprint density at radius 1 is 1.20 bits per heavy atom. The minimum Gasteiger partial charge on any atom is -0.323 e. The standard InChI is InChI=1S/C15H13Cl3N2O3S2/c16-9-3-4-10(17)11(8-9)19-15(21)12-2-1-7-20(12)25(22,23)14-6-5-13(18)24-14/h3-6,8,12H,1-2,7H2,(H,19,21)/t12-/m0/s1. The van der Waals surface area contributed by atoms with Gasteiger partial charge < -0.3 is 5.32 Å². The van der Waals surface area contributed by atoms with Crippen LogP contribution in [0.3, 0.4) is 0 Å². The molecule has 0 radical (unpaired) electrons. The fraction of sp³-hybridized carbons (Fsp3) is 0.267. The molecule has 1 N–H and O–H groups in total. The molecule has 0 saturated carbocycles. The average molecular weight is 440 g/mol. The number of thiophene rings is 1. The van der Waals surface area contributed by atoms with Crippen LogP contribution in [-0.4, -0.2) is 31.2 Å². The number of hydrogen-bond donors (Lipinski definition) is 1. The number of carbonyl (C=O) groups is 1. The summed E-state index contributed by atoms with van der Waals surface area (Å²) < 4.78 is 27.3. The van der Waals surface area contributed by atoms with Gasteiger partial charge in [0.2, 0.25) is 5.91 Å². The van der Waals surface area contributed by atoms with Gasteiger partial charge in [-0.3, -0.25) is 4.79 Å². The van der Waals surface area contributed by atoms with Crippen molar-refractivity contribution in [3.05, 3.63) is 44.7 Å². The minimum absolute atomic E-state index is 0.123. The number of rotatable bonds is 4. The van der Waals surface area contributed by atoms with E-state index < -0.39 is 22.0 Å². The molecule has 2 heterocycles. The third-order valence-corrected chi connectivity index (χ3v) is 7.98. The molecule has 5 nitrogen and oxygen atoms in total. The lowest BCUT2D eigenvalue weighted by Crippen LogP contribution is -2.42. The van der Waals surface area contributed by atoms with E-state index in [0.717, 1.165) is 11.3 Å². The van der Waals surface area contributed by atoms with Gasteiger partial charge in [0.15, 0.2) is 0 Å². The molecule has 2 aromatic rings. The van der Waals surface area contributed by atoms with Crippen LogP contribution < -0.4 is 5.32 Å². The topological polar surface area (TPSA) is 66.5 Å². The largest absolute Gasteiger partial charge is 0.323 e. The second kappa shape index (κ2) is 7.42. The van der Waals surface area contributed by atoms with Crippen molar-refractivity contribution < 1.29 is 13.2 Å². The molecular formula is C15H13Cl3N2O3S2. The van der Waals surface area contributed by atoms with E-state index in [1.165, 1.54) is 22.5 Å². The van der Waals surface area contributed by atoms with Crippen LogP contribution in [0.15, 0.2) is 34.5 Å². The second-order valence-corrected chi connectivity index (χ2v) is 10.1. The van der Waals surface area contributed by atoms with Crippen molar-refractivity contribution in [2.24, 2.45) is 0 Å². The van der Waals surface area contributed by atoms with E-state index in [1.54, 1.807) is 12.1 Å². The van der Waals surface area contributed by atoms with Crippen molar-refractivity contribution in [2.75, 3.05) is 11.9 Å². The molecule has 0 bridgehead atoms. The maximum absolute atomic E-state index is 12.8. The summed E-state index contributed by atoms with van der Waals surface area (Å²) in [7, 11) is -3.78. The van der Waals surface area contributed by atoms with E-state index in [2.05, 4.69) is 5.32 Å². The highest BCUT2D eigenvalue weighted by Crippen LogP contribution is 2.33. The van der Waals surface area contributed by atoms with Crippen molar-refractivity contribution in [3.8, 4) is 0 Å². The molecule has 10 heteroatoms. The van der Waals surface area contributed by atoms with E-state index in [-0.39, 0.29) is 10.8 Å². The van der Waals surface area contributed by atoms with Crippen LogP contribution in [0.2, 0.25) is 14.4 Å². The molecule has 134 valence electrons. The quantitative estimate of drug-likeness (QED) is 0.762. The third-order valence-electron chi connectivity index (χ3n) is 3.80. The van der Waals surface area contributed by atoms with Crippen LogP contribution in [-0.2, 0) is 14.8 Å². The molecule has 1 aliphatic rings. The van der Waals surface area contributed by atoms with Crippen LogP contribution in [0.4, 0.5) is 5.69 Å². The smallest absolute Gasteiger partial charge is 0.253 e. The van der Waals surface area contributed by atoms with Gasteiger partial charge in [0.05, 0.1) is 15.0 Å². The van der Waals surface area contributed by atoms with Crippen molar-refractivity contribution >= 4 is 67.8 Å². The van der Waals surface area contributed by atoms with E-state index >= 15 is 0 Å². The molecule has 25 heavy (non-hydrogen) atoms. The summed E-state index contributed by atoms with van der Waals surface area (Å²) >= 11 is 18.8. The van der Waals surface area contributed by atoms with E-state index in [9.17, 15) is 13.2 Å². The molecule has 1 atom stereocenters. The molecule has 0 spiro atoms. The van der Waals surface area contributed by atoms with Crippen LogP contribution in [0, 0.1) is 0 Å². The molecule has 1 aromatic carbocycles. The molecule has 1 fully saturated rings. The van der Waals surface area contributed by atoms with Crippen LogP contribution in [0.25, 0.3) is 0 Å². The molecule has 1 saturated heterocycles. The number of anilines is 1. The first kappa shape index (κ1) is 18.9. The first-order chi connectivity index (χ1) is 11.8. The number of amides is 1. The first-order valence-corrected chi connectivity index (χ1v) is 10.7. The van der Waals surface area contributed by atoms with Crippen molar-refractivity contribution in [1.82, 2.24) is 4.31 Å². The Morgan fingerprint density at radius 2 is 1.96 bits per heavy atom. The van der Waals surface area contributed by atoms with Gasteiger partial charge in [-0.25, -0.2) is 8.42 Å². The van der Waals surface area contributed by atoms with Gasteiger partial charge in [0, 0.05) is 11.6 Å². The van der Waals surface area contributed by atoms with E-state index in [0.29, 0.717) is 32.9 Å². The van der Waals surface area contributed by atoms with Crippen molar-refractivity contribution in [2.45, 2.75) is 23.1 Å². The van der Waals surface area contributed by atoms with Gasteiger partial charge in [-0.05, 0) is 43.2 Å². The monoisotopic (exact) mass is 438 g/mol. The molecule has 0 unspecified atom stereocenters. The molecule has 1 aromatic heterocycles. The Labute approximate surface area is 164 Å². The predicted octanol–water partition coefficient (Wildman–Crippen LogP) is 4.50. The zero-order valence-electron chi connectivity index (χ0n) is 12.7. The normalized spacial score (nSPS) is 18.4. The first-order valence-electron chi connectivity index (χ1n) is 7.32. The highest BCUT2D eigenvalue weighted by molar-refractivity contribution is 7.91. The number of benzene rings is 1. The molecule has 0 aliphatic carbocycles. The Morgan fingerprint density at radius 3 is 2.64 bits per heavy atom. The summed E-state index contributed by atoms with van der Waals surface area (Å²) in [5, 5.41) is 3.42. The maximum Gasteiger partial charge on any atom is 0.253 e. The number of carbonyl (C=O) groups excluding carboxylic acids is 1. The van der Waals surface area contributed by atoms with Crippen molar-refractivity contribution in [3.63, 3.8) is 0 Å². The highest BCUT2D eigenvalue weighted by Gasteiger charge is 2.40. The number of nitrogens with zero attached hydrogens (tertiary/aromatic N) is 1. The van der Waals surface area contributed by atoms with Gasteiger partial charge in [-0.2, -0.15) is 4.31 Å². The summed E-state index contributed by atoms with van der Waals surface area (Å²) in [6.45, 7) is 0.277. The summed E-state index contributed by atoms with van der Waals surface area (Å²) in [5.74, 6) is -0.437. The number of halogens is 3. The lowest BCUT2D eigenvalue weighted by molar-refractivity contribution is -0.119. The fourth-order valence-corrected chi connectivity index (χ4v) is 6.26. The third kappa shape index (κ3) is 3.97. The van der Waals surface area contributed by atoms with Crippen LogP contribution in [0.1, 0.15) is 12.8 Å². The van der Waals surface area contributed by atoms with E-state index in [1.807, 2.05) is 0 Å². The highest BCUT2D eigenvalue weighted by atomic mass is 35.5. The van der Waals surface area contributed by atoms with Crippen molar-refractivity contribution in [1.29, 1.82) is 0 Å². The zero-order valence-corrected chi connectivity index (χ0v) is 16.6. The second-order valence-electron chi connectivity index (χ2n) is 5.45. The molecule has 1 amide bonds. The maximum atomic E-state index is 12.8. The van der Waals surface area contributed by atoms with Gasteiger partial charge in [-0.15, -0.1) is 11.3 Å². The van der Waals surface area contributed by atoms with Crippen LogP contribution in [0.5, 0.6) is 0 Å². The number of sulfonamides is 1. The Hall–Kier alpha value is -0.830. The average Bonchev–Trinajstić information content (AvgIpc) is 3.20. The molecule has 3 rings (SSSR count). The summed E-state index contributed by atoms with van der Waals surface area (Å²) in [6, 6.07) is 6.86. The SMILES string of the molecule is O=C(Nc1cc(Cl)ccc1Cl)[C@@H]1CCCN1S(=O)(=O)c1ccc(Cl)s1. The van der Waals surface area contributed by atoms with Gasteiger partial charge in [0.1, 0.15) is 10.3 Å². The number of nitrogens with one attached hydrogen (secondary N) is 1. The van der Waals surface area contributed by atoms with Gasteiger partial charge in [0.25, 0.3) is 10.0 Å². The summed E-state index contributed by atoms with van der Waals surface area (Å²) in [4.78, 5) is 12.6. The zero-order chi connectivity index (χ0) is 18.2. The predicted molar refractivity (Wildman–Crippen MR) is 101 cm³/mol. The Bertz CT molecular complexity index is 914.